The fourth-order valence-corrected chi connectivity index (χ4v) is 2.50. The Hall–Kier alpha value is -2.69. The largest absolute Gasteiger partial charge is 0.447 e. The van der Waals surface area contributed by atoms with Crippen LogP contribution in [0, 0.1) is 17.7 Å². The van der Waals surface area contributed by atoms with Gasteiger partial charge in [0.05, 0.1) is 5.92 Å². The minimum atomic E-state index is -1.03. The maximum atomic E-state index is 13.0. The van der Waals surface area contributed by atoms with Crippen LogP contribution < -0.4 is 5.32 Å². The molecule has 2 aromatic rings. The Morgan fingerprint density at radius 1 is 1.12 bits per heavy atom. The van der Waals surface area contributed by atoms with Gasteiger partial charge >= 0.3 is 5.97 Å². The van der Waals surface area contributed by atoms with Crippen LogP contribution in [-0.4, -0.2) is 11.9 Å². The predicted molar refractivity (Wildman–Crippen MR) is 87.6 cm³/mol. The third kappa shape index (κ3) is 3.79. The summed E-state index contributed by atoms with van der Waals surface area (Å²) in [6, 6.07) is 14.3. The molecule has 0 unspecified atom stereocenters. The van der Waals surface area contributed by atoms with Crippen LogP contribution in [0.15, 0.2) is 54.6 Å². The minimum absolute atomic E-state index is 0.130. The smallest absolute Gasteiger partial charge is 0.310 e. The van der Waals surface area contributed by atoms with Gasteiger partial charge in [-0.25, -0.2) is 4.39 Å². The van der Waals surface area contributed by atoms with E-state index in [4.69, 9.17) is 4.74 Å². The van der Waals surface area contributed by atoms with Crippen molar-refractivity contribution in [3.63, 3.8) is 0 Å². The summed E-state index contributed by atoms with van der Waals surface area (Å²) in [4.78, 5) is 24.7. The molecule has 0 heterocycles. The zero-order valence-electron chi connectivity index (χ0n) is 13.2. The van der Waals surface area contributed by atoms with Crippen LogP contribution in [0.2, 0.25) is 0 Å². The van der Waals surface area contributed by atoms with Gasteiger partial charge in [-0.2, -0.15) is 0 Å². The van der Waals surface area contributed by atoms with Crippen molar-refractivity contribution in [3.05, 3.63) is 66.0 Å². The highest BCUT2D eigenvalue weighted by molar-refractivity contribution is 5.96. The van der Waals surface area contributed by atoms with Crippen molar-refractivity contribution in [1.29, 1.82) is 0 Å². The number of halogens is 1. The number of ether oxygens (including phenoxy) is 1. The van der Waals surface area contributed by atoms with Crippen molar-refractivity contribution in [2.45, 2.75) is 19.4 Å². The molecule has 4 nitrogen and oxygen atoms in total. The highest BCUT2D eigenvalue weighted by Gasteiger charge is 2.42. The molecule has 3 atom stereocenters. The Balaban J connectivity index is 1.76. The summed E-state index contributed by atoms with van der Waals surface area (Å²) in [5.74, 6) is -1.04. The Labute approximate surface area is 139 Å². The van der Waals surface area contributed by atoms with E-state index in [0.29, 0.717) is 17.2 Å². The number of esters is 1. The van der Waals surface area contributed by atoms with Crippen molar-refractivity contribution in [2.75, 3.05) is 5.32 Å². The zero-order valence-corrected chi connectivity index (χ0v) is 13.2. The van der Waals surface area contributed by atoms with Gasteiger partial charge in [0.2, 0.25) is 6.10 Å². The van der Waals surface area contributed by atoms with Gasteiger partial charge in [0.25, 0.3) is 5.91 Å². The SMILES string of the molecule is C[C@H]1C[C@H]1C(=O)O[C@H](C(=O)Nc1ccc(F)cc1)c1ccccc1. The van der Waals surface area contributed by atoms with Crippen LogP contribution in [-0.2, 0) is 14.3 Å². The third-order valence-electron chi connectivity index (χ3n) is 4.10. The normalized spacial score (nSPS) is 20.1. The Morgan fingerprint density at radius 3 is 2.33 bits per heavy atom. The second-order valence-corrected chi connectivity index (χ2v) is 6.04. The monoisotopic (exact) mass is 327 g/mol. The van der Waals surface area contributed by atoms with Crippen LogP contribution >= 0.6 is 0 Å². The molecule has 24 heavy (non-hydrogen) atoms. The van der Waals surface area contributed by atoms with Gasteiger partial charge in [0, 0.05) is 11.3 Å². The maximum Gasteiger partial charge on any atom is 0.310 e. The molecule has 1 aliphatic rings. The molecule has 0 bridgehead atoms. The van der Waals surface area contributed by atoms with Crippen molar-refractivity contribution in [2.24, 2.45) is 11.8 Å². The van der Waals surface area contributed by atoms with E-state index in [-0.39, 0.29) is 17.7 Å². The second kappa shape index (κ2) is 6.83. The fourth-order valence-electron chi connectivity index (χ4n) is 2.50. The summed E-state index contributed by atoms with van der Waals surface area (Å²) >= 11 is 0. The molecule has 124 valence electrons. The standard InChI is InChI=1S/C19H18FNO3/c1-12-11-16(12)19(23)24-17(13-5-3-2-4-6-13)18(22)21-15-9-7-14(20)8-10-15/h2-10,12,16-17H,11H2,1H3,(H,21,22)/t12-,16+,17-/m0/s1. The number of carbonyl (C=O) groups excluding carboxylic acids is 2. The van der Waals surface area contributed by atoms with Gasteiger partial charge < -0.3 is 10.1 Å². The molecule has 0 radical (unpaired) electrons. The molecule has 1 aliphatic carbocycles. The number of anilines is 1. The first-order valence-electron chi connectivity index (χ1n) is 7.86. The molecule has 0 saturated heterocycles. The minimum Gasteiger partial charge on any atom is -0.447 e. The first kappa shape index (κ1) is 16.2. The summed E-state index contributed by atoms with van der Waals surface area (Å²) in [6.45, 7) is 1.97. The fraction of sp³-hybridized carbons (Fsp3) is 0.263. The average molecular weight is 327 g/mol. The number of amides is 1. The Bertz CT molecular complexity index is 730. The van der Waals surface area contributed by atoms with Gasteiger partial charge in [0.1, 0.15) is 5.82 Å². The lowest BCUT2D eigenvalue weighted by Crippen LogP contribution is -2.26. The van der Waals surface area contributed by atoms with Crippen molar-refractivity contribution < 1.29 is 18.7 Å². The second-order valence-electron chi connectivity index (χ2n) is 6.04. The average Bonchev–Trinajstić information content (AvgIpc) is 3.32. The van der Waals surface area contributed by atoms with Gasteiger partial charge in [-0.1, -0.05) is 37.3 Å². The highest BCUT2D eigenvalue weighted by atomic mass is 19.1. The topological polar surface area (TPSA) is 55.4 Å². The summed E-state index contributed by atoms with van der Waals surface area (Å²) in [5, 5.41) is 2.66. The molecular weight excluding hydrogens is 309 g/mol. The molecule has 0 aliphatic heterocycles. The van der Waals surface area contributed by atoms with Crippen LogP contribution in [0.25, 0.3) is 0 Å². The summed E-state index contributed by atoms with van der Waals surface area (Å²) in [5.41, 5.74) is 1.04. The number of carbonyl (C=O) groups is 2. The van der Waals surface area contributed by atoms with E-state index in [2.05, 4.69) is 5.32 Å². The van der Waals surface area contributed by atoms with Crippen molar-refractivity contribution >= 4 is 17.6 Å². The number of hydrogen-bond donors (Lipinski definition) is 1. The molecule has 1 amide bonds. The highest BCUT2D eigenvalue weighted by Crippen LogP contribution is 2.39. The Kier molecular flexibility index (Phi) is 4.60. The lowest BCUT2D eigenvalue weighted by molar-refractivity contribution is -0.156. The Morgan fingerprint density at radius 2 is 1.75 bits per heavy atom. The van der Waals surface area contributed by atoms with Gasteiger partial charge in [-0.05, 0) is 36.6 Å². The van der Waals surface area contributed by atoms with E-state index in [9.17, 15) is 14.0 Å². The van der Waals surface area contributed by atoms with Gasteiger partial charge in [-0.3, -0.25) is 9.59 Å². The lowest BCUT2D eigenvalue weighted by Gasteiger charge is -2.18. The molecule has 0 spiro atoms. The van der Waals surface area contributed by atoms with Crippen molar-refractivity contribution in [1.82, 2.24) is 0 Å². The van der Waals surface area contributed by atoms with E-state index in [1.807, 2.05) is 13.0 Å². The van der Waals surface area contributed by atoms with Crippen LogP contribution in [0.4, 0.5) is 10.1 Å². The summed E-state index contributed by atoms with van der Waals surface area (Å²) in [6.07, 6.45) is -0.239. The van der Waals surface area contributed by atoms with E-state index in [1.54, 1.807) is 24.3 Å². The maximum absolute atomic E-state index is 13.0. The number of hydrogen-bond acceptors (Lipinski definition) is 3. The van der Waals surface area contributed by atoms with Crippen LogP contribution in [0.5, 0.6) is 0 Å². The molecule has 1 saturated carbocycles. The van der Waals surface area contributed by atoms with E-state index >= 15 is 0 Å². The summed E-state index contributed by atoms with van der Waals surface area (Å²) in [7, 11) is 0. The van der Waals surface area contributed by atoms with Gasteiger partial charge in [-0.15, -0.1) is 0 Å². The first-order valence-corrected chi connectivity index (χ1v) is 7.86. The van der Waals surface area contributed by atoms with E-state index in [0.717, 1.165) is 6.42 Å². The summed E-state index contributed by atoms with van der Waals surface area (Å²) < 4.78 is 18.4. The van der Waals surface area contributed by atoms with E-state index in [1.165, 1.54) is 24.3 Å². The van der Waals surface area contributed by atoms with E-state index < -0.39 is 12.0 Å². The molecule has 0 aromatic heterocycles. The van der Waals surface area contributed by atoms with Crippen molar-refractivity contribution in [3.8, 4) is 0 Å². The molecule has 1 N–H and O–H groups in total. The first-order chi connectivity index (χ1) is 11.5. The van der Waals surface area contributed by atoms with Gasteiger partial charge in [0.15, 0.2) is 0 Å². The molecule has 1 fully saturated rings. The molecule has 2 aromatic carbocycles. The lowest BCUT2D eigenvalue weighted by atomic mass is 10.1. The third-order valence-corrected chi connectivity index (χ3v) is 4.10. The van der Waals surface area contributed by atoms with Crippen LogP contribution in [0.3, 0.4) is 0 Å². The van der Waals surface area contributed by atoms with Crippen LogP contribution in [0.1, 0.15) is 25.0 Å². The molecule has 3 rings (SSSR count). The molecular formula is C19H18FNO3. The zero-order chi connectivity index (χ0) is 17.1. The number of rotatable bonds is 5. The number of benzene rings is 2. The quantitative estimate of drug-likeness (QED) is 0.852. The predicted octanol–water partition coefficient (Wildman–Crippen LogP) is 3.70. The number of nitrogens with one attached hydrogen (secondary N) is 1. The molecule has 5 heteroatoms.